The summed E-state index contributed by atoms with van der Waals surface area (Å²) in [7, 11) is -6.15. The largest absolute Gasteiger partial charge is 0.497 e. The number of ether oxygens (including phenoxy) is 1. The summed E-state index contributed by atoms with van der Waals surface area (Å²) in [5, 5.41) is 6.17. The van der Waals surface area contributed by atoms with Crippen molar-refractivity contribution in [3.05, 3.63) is 114 Å². The van der Waals surface area contributed by atoms with Crippen LogP contribution in [-0.4, -0.2) is 57.1 Å². The van der Waals surface area contributed by atoms with Gasteiger partial charge in [-0.1, -0.05) is 60.7 Å². The highest BCUT2D eigenvalue weighted by atomic mass is 32.2. The van der Waals surface area contributed by atoms with Crippen LogP contribution in [0.3, 0.4) is 0 Å². The number of hydrogen-bond donors (Lipinski definition) is 4. The molecule has 6 rings (SSSR count). The summed E-state index contributed by atoms with van der Waals surface area (Å²) in [6.45, 7) is 0. The smallest absolute Gasteiger partial charge is 0.490 e. The summed E-state index contributed by atoms with van der Waals surface area (Å²) in [6, 6.07) is 27.5. The number of nitrogens with zero attached hydrogens (tertiary/aromatic N) is 1. The van der Waals surface area contributed by atoms with Crippen LogP contribution in [0.15, 0.2) is 102 Å². The predicted molar refractivity (Wildman–Crippen MR) is 176 cm³/mol. The molecule has 1 unspecified atom stereocenters. The molecule has 1 fully saturated rings. The quantitative estimate of drug-likeness (QED) is 0.162. The molecule has 2 heterocycles. The fourth-order valence-electron chi connectivity index (χ4n) is 5.15. The van der Waals surface area contributed by atoms with Crippen LogP contribution in [0.2, 0.25) is 0 Å². The minimum absolute atomic E-state index is 0.102. The fourth-order valence-corrected chi connectivity index (χ4v) is 7.78. The van der Waals surface area contributed by atoms with Crippen molar-refractivity contribution < 1.29 is 49.4 Å². The van der Waals surface area contributed by atoms with Gasteiger partial charge in [0.15, 0.2) is 0 Å². The minimum Gasteiger partial charge on any atom is -0.497 e. The van der Waals surface area contributed by atoms with E-state index in [1.807, 2.05) is 53.3 Å². The highest BCUT2D eigenvalue weighted by Gasteiger charge is 2.39. The van der Waals surface area contributed by atoms with Crippen LogP contribution in [0, 0.1) is 0 Å². The van der Waals surface area contributed by atoms with E-state index in [9.17, 15) is 34.8 Å². The average Bonchev–Trinajstić information content (AvgIpc) is 3.63. The Labute approximate surface area is 284 Å². The number of imidazole rings is 1. The Morgan fingerprint density at radius 1 is 0.980 bits per heavy atom. The SMILES string of the molecule is COc1ccc(-c2ccc(S(=O)(=O)N[C@@H](Cc3ccc(C4CC(=O)NS4(=O)=O)cc3)c3nc4ccccc4[nH]3)cc2)cc1.O=C(O)C(F)(F)F. The Balaban J connectivity index is 0.000000630. The lowest BCUT2D eigenvalue weighted by molar-refractivity contribution is -0.192. The highest BCUT2D eigenvalue weighted by Crippen LogP contribution is 2.31. The van der Waals surface area contributed by atoms with Gasteiger partial charge in [0.25, 0.3) is 0 Å². The average molecular weight is 731 g/mol. The van der Waals surface area contributed by atoms with Gasteiger partial charge in [-0.15, -0.1) is 0 Å². The third-order valence-corrected chi connectivity index (χ3v) is 10.8. The topological polar surface area (TPSA) is 185 Å². The molecule has 1 saturated heterocycles. The van der Waals surface area contributed by atoms with Crippen LogP contribution in [0.4, 0.5) is 13.2 Å². The lowest BCUT2D eigenvalue weighted by Crippen LogP contribution is -2.31. The Kier molecular flexibility index (Phi) is 10.3. The fraction of sp³-hybridized carbons (Fsp3) is 0.182. The maximum atomic E-state index is 13.6. The van der Waals surface area contributed by atoms with Crippen molar-refractivity contribution in [3.63, 3.8) is 0 Å². The van der Waals surface area contributed by atoms with Gasteiger partial charge in [-0.25, -0.2) is 31.3 Å². The number of nitrogens with one attached hydrogen (secondary N) is 3. The van der Waals surface area contributed by atoms with Crippen LogP contribution in [0.25, 0.3) is 22.2 Å². The summed E-state index contributed by atoms with van der Waals surface area (Å²) in [4.78, 5) is 28.6. The number of para-hydroxylation sites is 2. The maximum Gasteiger partial charge on any atom is 0.490 e. The van der Waals surface area contributed by atoms with Crippen molar-refractivity contribution in [2.75, 3.05) is 7.11 Å². The lowest BCUT2D eigenvalue weighted by Gasteiger charge is -2.18. The summed E-state index contributed by atoms with van der Waals surface area (Å²) in [5.41, 5.74) is 4.49. The second-order valence-corrected chi connectivity index (χ2v) is 14.7. The van der Waals surface area contributed by atoms with Crippen LogP contribution >= 0.6 is 0 Å². The monoisotopic (exact) mass is 730 g/mol. The second-order valence-electron chi connectivity index (χ2n) is 11.1. The lowest BCUT2D eigenvalue weighted by atomic mass is 10.0. The molecule has 17 heteroatoms. The number of carbonyl (C=O) groups is 2. The number of alkyl halides is 3. The number of sulfonamides is 2. The number of amides is 1. The molecule has 0 spiro atoms. The van der Waals surface area contributed by atoms with Crippen molar-refractivity contribution in [1.29, 1.82) is 0 Å². The van der Waals surface area contributed by atoms with Gasteiger partial charge in [0.05, 0.1) is 35.5 Å². The second kappa shape index (κ2) is 14.3. The van der Waals surface area contributed by atoms with Gasteiger partial charge in [0.1, 0.15) is 16.8 Å². The molecule has 5 aromatic rings. The molecule has 1 amide bonds. The number of hydrogen-bond acceptors (Lipinski definition) is 8. The number of methoxy groups -OCH3 is 1. The van der Waals surface area contributed by atoms with Gasteiger partial charge in [-0.05, 0) is 65.1 Å². The number of carboxylic acids is 1. The molecule has 2 atom stereocenters. The number of aliphatic carboxylic acids is 1. The number of carboxylic acid groups (broad SMARTS) is 1. The van der Waals surface area contributed by atoms with E-state index < -0.39 is 49.4 Å². The standard InChI is InChI=1S/C31H28N4O6S2.C2HF3O2/c1-41-24-14-10-21(11-15-24)22-12-16-25(17-13-22)42(37,38)34-28(31-32-26-4-2-3-5-27(26)33-31)18-20-6-8-23(9-7-20)29-19-30(36)35-43(29,39)40;3-2(4,5)1(6)7/h2-17,28-29,34H,18-19H2,1H3,(H,32,33)(H,35,36);(H,6,7)/t28-,29?;/m0./s1. The van der Waals surface area contributed by atoms with Crippen molar-refractivity contribution in [2.45, 2.75) is 35.2 Å². The predicted octanol–water partition coefficient (Wildman–Crippen LogP) is 5.02. The van der Waals surface area contributed by atoms with Crippen molar-refractivity contribution in [1.82, 2.24) is 19.4 Å². The summed E-state index contributed by atoms with van der Waals surface area (Å²) in [5.74, 6) is -2.12. The molecule has 1 aliphatic heterocycles. The Hall–Kier alpha value is -5.26. The number of aromatic amines is 1. The van der Waals surface area contributed by atoms with Gasteiger partial charge >= 0.3 is 12.1 Å². The van der Waals surface area contributed by atoms with Gasteiger partial charge < -0.3 is 14.8 Å². The number of aromatic nitrogens is 2. The van der Waals surface area contributed by atoms with E-state index in [2.05, 4.69) is 14.7 Å². The van der Waals surface area contributed by atoms with Crippen LogP contribution in [-0.2, 0) is 36.1 Å². The van der Waals surface area contributed by atoms with E-state index in [0.29, 0.717) is 16.9 Å². The molecule has 12 nitrogen and oxygen atoms in total. The van der Waals surface area contributed by atoms with Gasteiger partial charge in [-0.3, -0.25) is 9.52 Å². The van der Waals surface area contributed by atoms with E-state index in [4.69, 9.17) is 14.6 Å². The van der Waals surface area contributed by atoms with E-state index >= 15 is 0 Å². The van der Waals surface area contributed by atoms with Crippen molar-refractivity contribution >= 4 is 43.0 Å². The summed E-state index contributed by atoms with van der Waals surface area (Å²) >= 11 is 0. The Morgan fingerprint density at radius 2 is 1.56 bits per heavy atom. The van der Waals surface area contributed by atoms with Crippen LogP contribution in [0.1, 0.15) is 34.7 Å². The molecule has 4 N–H and O–H groups in total. The zero-order valence-electron chi connectivity index (χ0n) is 26.0. The Morgan fingerprint density at radius 3 is 2.08 bits per heavy atom. The van der Waals surface area contributed by atoms with Gasteiger partial charge in [0, 0.05) is 0 Å². The summed E-state index contributed by atoms with van der Waals surface area (Å²) in [6.07, 6.45) is -4.99. The molecule has 0 radical (unpaired) electrons. The zero-order valence-corrected chi connectivity index (χ0v) is 27.6. The van der Waals surface area contributed by atoms with E-state index in [1.165, 1.54) is 0 Å². The van der Waals surface area contributed by atoms with Crippen LogP contribution < -0.4 is 14.2 Å². The minimum atomic E-state index is -5.08. The third-order valence-electron chi connectivity index (χ3n) is 7.66. The van der Waals surface area contributed by atoms with E-state index in [1.54, 1.807) is 55.6 Å². The number of rotatable bonds is 9. The van der Waals surface area contributed by atoms with Crippen molar-refractivity contribution in [3.8, 4) is 16.9 Å². The number of benzene rings is 4. The van der Waals surface area contributed by atoms with Gasteiger partial charge in [-0.2, -0.15) is 13.2 Å². The molecule has 1 aromatic heterocycles. The van der Waals surface area contributed by atoms with Gasteiger partial charge in [0.2, 0.25) is 26.0 Å². The van der Waals surface area contributed by atoms with E-state index in [0.717, 1.165) is 28.0 Å². The molecule has 0 saturated carbocycles. The first-order valence-corrected chi connectivity index (χ1v) is 17.7. The molecule has 4 aromatic carbocycles. The summed E-state index contributed by atoms with van der Waals surface area (Å²) < 4.78 is 93.6. The first-order chi connectivity index (χ1) is 23.6. The normalized spacial score (nSPS) is 16.2. The number of carbonyl (C=O) groups excluding carboxylic acids is 1. The molecule has 50 heavy (non-hydrogen) atoms. The van der Waals surface area contributed by atoms with Crippen molar-refractivity contribution in [2.24, 2.45) is 0 Å². The molecule has 262 valence electrons. The molecule has 1 aliphatic rings. The van der Waals surface area contributed by atoms with E-state index in [-0.39, 0.29) is 17.7 Å². The number of H-pyrrole nitrogens is 1. The third kappa shape index (κ3) is 8.47. The zero-order chi connectivity index (χ0) is 36.3. The molecular formula is C33H29F3N4O8S2. The highest BCUT2D eigenvalue weighted by molar-refractivity contribution is 7.90. The first kappa shape index (κ1) is 36.0. The molecular weight excluding hydrogens is 702 g/mol. The first-order valence-electron chi connectivity index (χ1n) is 14.7. The molecule has 0 aliphatic carbocycles. The maximum absolute atomic E-state index is 13.6. The number of fused-ring (bicyclic) bond motifs is 1. The molecule has 0 bridgehead atoms. The Bertz CT molecular complexity index is 2190. The van der Waals surface area contributed by atoms with Crippen LogP contribution in [0.5, 0.6) is 5.75 Å². The number of halogens is 3.